The van der Waals surface area contributed by atoms with E-state index in [4.69, 9.17) is 0 Å². The fraction of sp³-hybridized carbons (Fsp3) is 0.269. The number of rotatable bonds is 5. The second-order valence-electron chi connectivity index (χ2n) is 8.89. The molecule has 1 fully saturated rings. The summed E-state index contributed by atoms with van der Waals surface area (Å²) in [6.45, 7) is 1.04. The number of nitrogens with zero attached hydrogens (tertiary/aromatic N) is 2. The zero-order valence-electron chi connectivity index (χ0n) is 18.7. The number of hydrogen-bond donors (Lipinski definition) is 2. The van der Waals surface area contributed by atoms with E-state index >= 15 is 0 Å². The maximum atomic E-state index is 12.8. The maximum absolute atomic E-state index is 12.8. The van der Waals surface area contributed by atoms with Gasteiger partial charge in [-0.15, -0.1) is 0 Å². The Morgan fingerprint density at radius 1 is 1.00 bits per heavy atom. The summed E-state index contributed by atoms with van der Waals surface area (Å²) in [5.41, 5.74) is 4.78. The number of imide groups is 1. The molecular weight excluding hydrogens is 416 g/mol. The topological polar surface area (TPSA) is 81.8 Å². The van der Waals surface area contributed by atoms with Gasteiger partial charge in [0.2, 0.25) is 11.8 Å². The van der Waals surface area contributed by atoms with Crippen LogP contribution in [0.25, 0.3) is 10.8 Å². The fourth-order valence-electron chi connectivity index (χ4n) is 4.56. The van der Waals surface area contributed by atoms with Gasteiger partial charge in [0.25, 0.3) is 5.91 Å². The number of hydrogen-bond acceptors (Lipinski definition) is 5. The standard InChI is InChI=1S/C26H26N4O3/c1-29(2)21-7-5-17-11-16(3-4-18(17)13-21)14-27-20-6-8-22-19(12-20)15-30(26(22)33)23-9-10-24(31)28-25(23)32/h3-8,11-13,23,27H,9-10,14-15H2,1-2H3,(H,28,31,32). The van der Waals surface area contributed by atoms with Crippen LogP contribution >= 0.6 is 0 Å². The molecule has 2 aliphatic rings. The van der Waals surface area contributed by atoms with Gasteiger partial charge in [-0.1, -0.05) is 18.2 Å². The van der Waals surface area contributed by atoms with Crippen LogP contribution in [-0.4, -0.2) is 42.8 Å². The van der Waals surface area contributed by atoms with Crippen LogP contribution < -0.4 is 15.5 Å². The van der Waals surface area contributed by atoms with Gasteiger partial charge in [-0.2, -0.15) is 0 Å². The molecule has 0 bridgehead atoms. The second-order valence-corrected chi connectivity index (χ2v) is 8.89. The Hall–Kier alpha value is -3.87. The molecular formula is C26H26N4O3. The number of benzene rings is 3. The molecule has 7 nitrogen and oxygen atoms in total. The monoisotopic (exact) mass is 442 g/mol. The Balaban J connectivity index is 1.28. The van der Waals surface area contributed by atoms with Crippen LogP contribution in [0.5, 0.6) is 0 Å². The van der Waals surface area contributed by atoms with Crippen molar-refractivity contribution in [3.05, 3.63) is 71.3 Å². The van der Waals surface area contributed by atoms with Gasteiger partial charge in [-0.3, -0.25) is 19.7 Å². The molecule has 168 valence electrons. The quantitative estimate of drug-likeness (QED) is 0.593. The highest BCUT2D eigenvalue weighted by Crippen LogP contribution is 2.30. The first-order chi connectivity index (χ1) is 15.9. The molecule has 3 aromatic rings. The molecule has 3 amide bonds. The lowest BCUT2D eigenvalue weighted by atomic mass is 10.0. The number of amides is 3. The minimum absolute atomic E-state index is 0.155. The molecule has 33 heavy (non-hydrogen) atoms. The first-order valence-corrected chi connectivity index (χ1v) is 11.1. The molecule has 1 unspecified atom stereocenters. The van der Waals surface area contributed by atoms with Crippen LogP contribution in [0.3, 0.4) is 0 Å². The molecule has 0 saturated carbocycles. The lowest BCUT2D eigenvalue weighted by molar-refractivity contribution is -0.136. The van der Waals surface area contributed by atoms with E-state index in [-0.39, 0.29) is 24.1 Å². The largest absolute Gasteiger partial charge is 0.381 e. The van der Waals surface area contributed by atoms with Crippen molar-refractivity contribution < 1.29 is 14.4 Å². The molecule has 0 aliphatic carbocycles. The zero-order valence-corrected chi connectivity index (χ0v) is 18.7. The van der Waals surface area contributed by atoms with Crippen molar-refractivity contribution in [3.8, 4) is 0 Å². The Morgan fingerprint density at radius 2 is 1.79 bits per heavy atom. The first kappa shape index (κ1) is 21.0. The normalized spacial score (nSPS) is 17.8. The third-order valence-corrected chi connectivity index (χ3v) is 6.42. The van der Waals surface area contributed by atoms with Crippen molar-refractivity contribution in [2.24, 2.45) is 0 Å². The first-order valence-electron chi connectivity index (χ1n) is 11.1. The maximum Gasteiger partial charge on any atom is 0.255 e. The molecule has 0 aromatic heterocycles. The summed E-state index contributed by atoms with van der Waals surface area (Å²) in [5, 5.41) is 8.18. The van der Waals surface area contributed by atoms with E-state index in [1.165, 1.54) is 22.0 Å². The van der Waals surface area contributed by atoms with Gasteiger partial charge in [0.15, 0.2) is 0 Å². The summed E-state index contributed by atoms with van der Waals surface area (Å²) in [5.74, 6) is -0.823. The van der Waals surface area contributed by atoms with Gasteiger partial charge in [0.05, 0.1) is 0 Å². The van der Waals surface area contributed by atoms with E-state index in [0.29, 0.717) is 25.1 Å². The lowest BCUT2D eigenvalue weighted by Gasteiger charge is -2.29. The van der Waals surface area contributed by atoms with E-state index < -0.39 is 6.04 Å². The SMILES string of the molecule is CN(C)c1ccc2cc(CNc3ccc4c(c3)CN(C3CCC(=O)NC3=O)C4=O)ccc2c1. The Kier molecular flexibility index (Phi) is 5.24. The van der Waals surface area contributed by atoms with Gasteiger partial charge in [-0.25, -0.2) is 0 Å². The Labute approximate surface area is 192 Å². The van der Waals surface area contributed by atoms with Crippen molar-refractivity contribution in [3.63, 3.8) is 0 Å². The molecule has 7 heteroatoms. The van der Waals surface area contributed by atoms with Gasteiger partial charge < -0.3 is 15.1 Å². The summed E-state index contributed by atoms with van der Waals surface area (Å²) in [7, 11) is 4.07. The van der Waals surface area contributed by atoms with Gasteiger partial charge in [0, 0.05) is 50.5 Å². The molecule has 3 aromatic carbocycles. The third-order valence-electron chi connectivity index (χ3n) is 6.42. The molecule has 5 rings (SSSR count). The summed E-state index contributed by atoms with van der Waals surface area (Å²) < 4.78 is 0. The minimum Gasteiger partial charge on any atom is -0.381 e. The van der Waals surface area contributed by atoms with E-state index in [9.17, 15) is 14.4 Å². The predicted octanol–water partition coefficient (Wildman–Crippen LogP) is 3.28. The number of carbonyl (C=O) groups excluding carboxylic acids is 3. The van der Waals surface area contributed by atoms with E-state index in [1.54, 1.807) is 4.90 Å². The fourth-order valence-corrected chi connectivity index (χ4v) is 4.56. The van der Waals surface area contributed by atoms with Gasteiger partial charge in [0.1, 0.15) is 6.04 Å². The molecule has 2 heterocycles. The second kappa shape index (κ2) is 8.24. The minimum atomic E-state index is -0.593. The highest BCUT2D eigenvalue weighted by molar-refractivity contribution is 6.05. The molecule has 1 saturated heterocycles. The Morgan fingerprint density at radius 3 is 2.58 bits per heavy atom. The number of nitrogens with one attached hydrogen (secondary N) is 2. The van der Waals surface area contributed by atoms with Crippen molar-refractivity contribution in [2.75, 3.05) is 24.3 Å². The number of fused-ring (bicyclic) bond motifs is 2. The number of anilines is 2. The smallest absolute Gasteiger partial charge is 0.255 e. The van der Waals surface area contributed by atoms with E-state index in [0.717, 1.165) is 11.3 Å². The van der Waals surface area contributed by atoms with Crippen molar-refractivity contribution in [1.82, 2.24) is 10.2 Å². The molecule has 2 aliphatic heterocycles. The van der Waals surface area contributed by atoms with Gasteiger partial charge >= 0.3 is 0 Å². The average molecular weight is 443 g/mol. The number of piperidine rings is 1. The van der Waals surface area contributed by atoms with Crippen LogP contribution in [0.2, 0.25) is 0 Å². The highest BCUT2D eigenvalue weighted by Gasteiger charge is 2.39. The Bertz CT molecular complexity index is 1280. The van der Waals surface area contributed by atoms with Crippen LogP contribution in [0.1, 0.15) is 34.3 Å². The van der Waals surface area contributed by atoms with Crippen molar-refractivity contribution in [1.29, 1.82) is 0 Å². The summed E-state index contributed by atoms with van der Waals surface area (Å²) in [4.78, 5) is 40.2. The van der Waals surface area contributed by atoms with Gasteiger partial charge in [-0.05, 0) is 64.7 Å². The third kappa shape index (κ3) is 4.02. The van der Waals surface area contributed by atoms with Crippen molar-refractivity contribution >= 4 is 39.9 Å². The van der Waals surface area contributed by atoms with Crippen LogP contribution in [0, 0.1) is 0 Å². The molecule has 0 spiro atoms. The highest BCUT2D eigenvalue weighted by atomic mass is 16.2. The summed E-state index contributed by atoms with van der Waals surface area (Å²) in [6, 6.07) is 18.0. The summed E-state index contributed by atoms with van der Waals surface area (Å²) in [6.07, 6.45) is 0.624. The number of carbonyl (C=O) groups is 3. The molecule has 2 N–H and O–H groups in total. The predicted molar refractivity (Wildman–Crippen MR) is 128 cm³/mol. The lowest BCUT2D eigenvalue weighted by Crippen LogP contribution is -2.52. The summed E-state index contributed by atoms with van der Waals surface area (Å²) >= 11 is 0. The van der Waals surface area contributed by atoms with Crippen molar-refractivity contribution in [2.45, 2.75) is 32.0 Å². The van der Waals surface area contributed by atoms with Crippen LogP contribution in [0.15, 0.2) is 54.6 Å². The van der Waals surface area contributed by atoms with Crippen LogP contribution in [0.4, 0.5) is 11.4 Å². The van der Waals surface area contributed by atoms with Crippen LogP contribution in [-0.2, 0) is 22.7 Å². The molecule has 1 atom stereocenters. The molecule has 0 radical (unpaired) electrons. The van der Waals surface area contributed by atoms with E-state index in [2.05, 4.69) is 51.9 Å². The van der Waals surface area contributed by atoms with E-state index in [1.807, 2.05) is 32.3 Å². The zero-order chi connectivity index (χ0) is 23.1. The average Bonchev–Trinajstić information content (AvgIpc) is 3.12.